The van der Waals surface area contributed by atoms with Gasteiger partial charge in [-0.05, 0) is 56.3 Å². The Balaban J connectivity index is 1.81. The van der Waals surface area contributed by atoms with Crippen molar-refractivity contribution in [3.05, 3.63) is 58.6 Å². The van der Waals surface area contributed by atoms with E-state index in [1.165, 1.54) is 12.3 Å². The number of fused-ring (bicyclic) bond motifs is 1. The third-order valence-corrected chi connectivity index (χ3v) is 5.34. The van der Waals surface area contributed by atoms with Gasteiger partial charge in [0.2, 0.25) is 0 Å². The number of rotatable bonds is 3. The minimum atomic E-state index is -0.257. The lowest BCUT2D eigenvalue weighted by Crippen LogP contribution is -2.28. The van der Waals surface area contributed by atoms with Crippen LogP contribution < -0.4 is 5.32 Å². The van der Waals surface area contributed by atoms with E-state index in [1.807, 2.05) is 29.5 Å². The van der Waals surface area contributed by atoms with Crippen LogP contribution in [0.25, 0.3) is 16.9 Å². The Hall–Kier alpha value is -1.95. The van der Waals surface area contributed by atoms with Gasteiger partial charge >= 0.3 is 0 Å². The van der Waals surface area contributed by atoms with Gasteiger partial charge in [0.15, 0.2) is 0 Å². The van der Waals surface area contributed by atoms with Crippen LogP contribution in [0.15, 0.2) is 36.5 Å². The molecule has 2 aromatic heterocycles. The van der Waals surface area contributed by atoms with Crippen LogP contribution in [0.5, 0.6) is 0 Å². The fourth-order valence-electron chi connectivity index (χ4n) is 3.51. The lowest BCUT2D eigenvalue weighted by atomic mass is 10.1. The lowest BCUT2D eigenvalue weighted by molar-refractivity contribution is 0.280. The SMILES string of the molecule is Cc1cc(-c2nc3ccc(F)cn3c2CN2CCCNCC2)ccc1Cl. The molecule has 6 heteroatoms. The maximum Gasteiger partial charge on any atom is 0.139 e. The van der Waals surface area contributed by atoms with Crippen molar-refractivity contribution in [1.29, 1.82) is 0 Å². The number of imidazole rings is 1. The summed E-state index contributed by atoms with van der Waals surface area (Å²) in [4.78, 5) is 7.20. The lowest BCUT2D eigenvalue weighted by Gasteiger charge is -2.20. The molecule has 1 aliphatic rings. The second kappa shape index (κ2) is 7.35. The second-order valence-corrected chi connectivity index (χ2v) is 7.23. The Kier molecular flexibility index (Phi) is 4.94. The minimum Gasteiger partial charge on any atom is -0.315 e. The number of pyridine rings is 1. The highest BCUT2D eigenvalue weighted by molar-refractivity contribution is 6.31. The van der Waals surface area contributed by atoms with E-state index in [1.54, 1.807) is 6.07 Å². The monoisotopic (exact) mass is 372 g/mol. The van der Waals surface area contributed by atoms with Crippen LogP contribution in [-0.2, 0) is 6.54 Å². The first-order valence-electron chi connectivity index (χ1n) is 8.98. The largest absolute Gasteiger partial charge is 0.315 e. The number of aromatic nitrogens is 2. The predicted octanol–water partition coefficient (Wildman–Crippen LogP) is 3.90. The van der Waals surface area contributed by atoms with Crippen LogP contribution in [-0.4, -0.2) is 40.5 Å². The average molecular weight is 373 g/mol. The number of hydrogen-bond donors (Lipinski definition) is 1. The van der Waals surface area contributed by atoms with Crippen LogP contribution in [0.1, 0.15) is 17.7 Å². The molecule has 0 atom stereocenters. The van der Waals surface area contributed by atoms with E-state index in [2.05, 4.69) is 10.2 Å². The van der Waals surface area contributed by atoms with Gasteiger partial charge in [-0.1, -0.05) is 17.7 Å². The predicted molar refractivity (Wildman–Crippen MR) is 103 cm³/mol. The Morgan fingerprint density at radius 2 is 2.08 bits per heavy atom. The Labute approximate surface area is 157 Å². The van der Waals surface area contributed by atoms with Crippen LogP contribution >= 0.6 is 11.6 Å². The van der Waals surface area contributed by atoms with Gasteiger partial charge in [0.05, 0.1) is 11.4 Å². The zero-order valence-corrected chi connectivity index (χ0v) is 15.6. The Morgan fingerprint density at radius 3 is 2.92 bits per heavy atom. The standard InChI is InChI=1S/C20H22ClFN4/c1-14-11-15(3-5-17(14)21)20-18(13-25-9-2-7-23-8-10-25)26-12-16(22)4-6-19(26)24-20/h3-6,11-12,23H,2,7-10,13H2,1H3. The van der Waals surface area contributed by atoms with E-state index >= 15 is 0 Å². The van der Waals surface area contributed by atoms with Crippen molar-refractivity contribution in [3.63, 3.8) is 0 Å². The fraction of sp³-hybridized carbons (Fsp3) is 0.350. The number of nitrogens with one attached hydrogen (secondary N) is 1. The summed E-state index contributed by atoms with van der Waals surface area (Å²) in [5.74, 6) is -0.257. The molecule has 26 heavy (non-hydrogen) atoms. The van der Waals surface area contributed by atoms with Crippen molar-refractivity contribution in [2.75, 3.05) is 26.2 Å². The van der Waals surface area contributed by atoms with Crippen LogP contribution in [0.2, 0.25) is 5.02 Å². The van der Waals surface area contributed by atoms with Gasteiger partial charge in [-0.2, -0.15) is 0 Å². The van der Waals surface area contributed by atoms with Crippen molar-refractivity contribution in [2.24, 2.45) is 0 Å². The van der Waals surface area contributed by atoms with Gasteiger partial charge in [-0.3, -0.25) is 9.30 Å². The fourth-order valence-corrected chi connectivity index (χ4v) is 3.63. The van der Waals surface area contributed by atoms with Gasteiger partial charge in [0.1, 0.15) is 11.5 Å². The summed E-state index contributed by atoms with van der Waals surface area (Å²) in [5.41, 5.74) is 4.70. The molecule has 0 radical (unpaired) electrons. The van der Waals surface area contributed by atoms with E-state index in [-0.39, 0.29) is 5.82 Å². The van der Waals surface area contributed by atoms with Crippen molar-refractivity contribution in [1.82, 2.24) is 19.6 Å². The van der Waals surface area contributed by atoms with E-state index < -0.39 is 0 Å². The zero-order valence-electron chi connectivity index (χ0n) is 14.8. The minimum absolute atomic E-state index is 0.257. The molecule has 0 bridgehead atoms. The third kappa shape index (κ3) is 3.47. The summed E-state index contributed by atoms with van der Waals surface area (Å²) in [6, 6.07) is 9.12. The molecular weight excluding hydrogens is 351 g/mol. The summed E-state index contributed by atoms with van der Waals surface area (Å²) in [6.07, 6.45) is 2.64. The van der Waals surface area contributed by atoms with E-state index in [0.29, 0.717) is 0 Å². The number of hydrogen-bond acceptors (Lipinski definition) is 3. The van der Waals surface area contributed by atoms with E-state index in [4.69, 9.17) is 16.6 Å². The van der Waals surface area contributed by atoms with Crippen LogP contribution in [0, 0.1) is 12.7 Å². The highest BCUT2D eigenvalue weighted by Gasteiger charge is 2.19. The van der Waals surface area contributed by atoms with Gasteiger partial charge < -0.3 is 5.32 Å². The summed E-state index contributed by atoms with van der Waals surface area (Å²) in [6.45, 7) is 6.74. The highest BCUT2D eigenvalue weighted by atomic mass is 35.5. The molecule has 4 rings (SSSR count). The number of nitrogens with zero attached hydrogens (tertiary/aromatic N) is 3. The zero-order chi connectivity index (χ0) is 18.1. The van der Waals surface area contributed by atoms with Gasteiger partial charge in [-0.15, -0.1) is 0 Å². The van der Waals surface area contributed by atoms with Crippen molar-refractivity contribution in [2.45, 2.75) is 19.9 Å². The molecule has 0 unspecified atom stereocenters. The maximum atomic E-state index is 13.9. The first kappa shape index (κ1) is 17.5. The smallest absolute Gasteiger partial charge is 0.139 e. The average Bonchev–Trinajstić information content (AvgIpc) is 2.80. The summed E-state index contributed by atoms with van der Waals surface area (Å²) in [7, 11) is 0. The van der Waals surface area contributed by atoms with Gasteiger partial charge in [0, 0.05) is 36.4 Å². The van der Waals surface area contributed by atoms with Crippen LogP contribution in [0.4, 0.5) is 4.39 Å². The first-order valence-corrected chi connectivity index (χ1v) is 9.36. The third-order valence-electron chi connectivity index (χ3n) is 4.92. The van der Waals surface area contributed by atoms with Crippen molar-refractivity contribution < 1.29 is 4.39 Å². The molecule has 0 saturated carbocycles. The molecular formula is C20H22ClFN4. The number of aryl methyl sites for hydroxylation is 1. The van der Waals surface area contributed by atoms with Crippen LogP contribution in [0.3, 0.4) is 0 Å². The molecule has 136 valence electrons. The summed E-state index contributed by atoms with van der Waals surface area (Å²) < 4.78 is 15.8. The van der Waals surface area contributed by atoms with E-state index in [9.17, 15) is 4.39 Å². The summed E-state index contributed by atoms with van der Waals surface area (Å²) >= 11 is 6.19. The molecule has 3 aromatic rings. The Bertz CT molecular complexity index is 929. The Morgan fingerprint density at radius 1 is 1.19 bits per heavy atom. The normalized spacial score (nSPS) is 16.1. The molecule has 0 spiro atoms. The number of benzene rings is 1. The molecule has 1 aliphatic heterocycles. The molecule has 4 nitrogen and oxygen atoms in total. The molecule has 1 saturated heterocycles. The molecule has 1 aromatic carbocycles. The highest BCUT2D eigenvalue weighted by Crippen LogP contribution is 2.29. The molecule has 3 heterocycles. The molecule has 0 aliphatic carbocycles. The topological polar surface area (TPSA) is 32.6 Å². The van der Waals surface area contributed by atoms with Gasteiger partial charge in [0.25, 0.3) is 0 Å². The van der Waals surface area contributed by atoms with Crippen molar-refractivity contribution >= 4 is 17.2 Å². The second-order valence-electron chi connectivity index (χ2n) is 6.83. The quantitative estimate of drug-likeness (QED) is 0.756. The molecule has 0 amide bonds. The molecule has 1 fully saturated rings. The molecule has 1 N–H and O–H groups in total. The first-order chi connectivity index (χ1) is 12.6. The van der Waals surface area contributed by atoms with Gasteiger partial charge in [-0.25, -0.2) is 9.37 Å². The maximum absolute atomic E-state index is 13.9. The van der Waals surface area contributed by atoms with Crippen molar-refractivity contribution in [3.8, 4) is 11.3 Å². The summed E-state index contributed by atoms with van der Waals surface area (Å²) in [5, 5.41) is 4.16. The van der Waals surface area contributed by atoms with E-state index in [0.717, 1.165) is 72.3 Å². The number of halogens is 2.